The fourth-order valence-electron chi connectivity index (χ4n) is 2.43. The second-order valence-electron chi connectivity index (χ2n) is 6.68. The second-order valence-corrected chi connectivity index (χ2v) is 7.54. The molecule has 0 spiro atoms. The summed E-state index contributed by atoms with van der Waals surface area (Å²) in [5, 5.41) is 9.05. The number of unbranched alkanes of at least 4 members (excludes halogenated alkanes) is 1. The van der Waals surface area contributed by atoms with Gasteiger partial charge in [-0.2, -0.15) is 5.10 Å². The fourth-order valence-corrected chi connectivity index (χ4v) is 2.67. The first kappa shape index (κ1) is 24.1. The third kappa shape index (κ3) is 8.59. The summed E-state index contributed by atoms with van der Waals surface area (Å²) in [6.45, 7) is 4.21. The van der Waals surface area contributed by atoms with E-state index in [4.69, 9.17) is 4.74 Å². The molecule has 164 valence electrons. The van der Waals surface area contributed by atoms with Crippen LogP contribution < -0.4 is 20.8 Å². The summed E-state index contributed by atoms with van der Waals surface area (Å²) in [7, 11) is 0. The van der Waals surface area contributed by atoms with Crippen LogP contribution in [0.2, 0.25) is 0 Å². The van der Waals surface area contributed by atoms with Crippen LogP contribution in [0.3, 0.4) is 0 Å². The largest absolute Gasteiger partial charge is 0.484 e. The monoisotopic (exact) mass is 488 g/mol. The van der Waals surface area contributed by atoms with Crippen molar-refractivity contribution < 1.29 is 19.1 Å². The maximum Gasteiger partial charge on any atom is 0.329 e. The Morgan fingerprint density at radius 1 is 1.13 bits per heavy atom. The Hall–Kier alpha value is -3.20. The number of nitrogens with one attached hydrogen (secondary N) is 3. The molecule has 8 nitrogen and oxygen atoms in total. The van der Waals surface area contributed by atoms with E-state index in [-0.39, 0.29) is 12.5 Å². The van der Waals surface area contributed by atoms with E-state index >= 15 is 0 Å². The van der Waals surface area contributed by atoms with Gasteiger partial charge < -0.3 is 15.4 Å². The number of halogens is 1. The van der Waals surface area contributed by atoms with E-state index in [9.17, 15) is 14.4 Å². The SMILES string of the molecule is CCCCNC(=O)C(=O)N/N=C\c1cccc(OCC(=O)Nc2ccc(Br)c(C)c2)c1. The summed E-state index contributed by atoms with van der Waals surface area (Å²) in [4.78, 5) is 35.3. The number of nitrogens with zero attached hydrogens (tertiary/aromatic N) is 1. The van der Waals surface area contributed by atoms with Gasteiger partial charge in [-0.25, -0.2) is 5.43 Å². The van der Waals surface area contributed by atoms with Gasteiger partial charge in [0, 0.05) is 16.7 Å². The Kier molecular flexibility index (Phi) is 9.70. The number of rotatable bonds is 9. The van der Waals surface area contributed by atoms with Crippen LogP contribution >= 0.6 is 15.9 Å². The lowest BCUT2D eigenvalue weighted by Crippen LogP contribution is -2.38. The molecular weight excluding hydrogens is 464 g/mol. The van der Waals surface area contributed by atoms with Crippen LogP contribution in [-0.4, -0.2) is 37.1 Å². The molecule has 3 amide bonds. The van der Waals surface area contributed by atoms with Gasteiger partial charge in [0.15, 0.2) is 6.61 Å². The molecular formula is C22H25BrN4O4. The van der Waals surface area contributed by atoms with E-state index in [0.717, 1.165) is 22.9 Å². The number of hydrogen-bond acceptors (Lipinski definition) is 5. The van der Waals surface area contributed by atoms with Crippen molar-refractivity contribution in [2.75, 3.05) is 18.5 Å². The molecule has 0 aliphatic heterocycles. The van der Waals surface area contributed by atoms with Crippen molar-refractivity contribution in [3.05, 3.63) is 58.1 Å². The van der Waals surface area contributed by atoms with Gasteiger partial charge in [0.05, 0.1) is 6.21 Å². The Morgan fingerprint density at radius 2 is 1.94 bits per heavy atom. The molecule has 0 aliphatic rings. The maximum absolute atomic E-state index is 12.1. The van der Waals surface area contributed by atoms with Crippen LogP contribution in [0.5, 0.6) is 5.75 Å². The van der Waals surface area contributed by atoms with E-state index in [2.05, 4.69) is 37.1 Å². The van der Waals surface area contributed by atoms with E-state index in [0.29, 0.717) is 23.5 Å². The highest BCUT2D eigenvalue weighted by Gasteiger charge is 2.11. The van der Waals surface area contributed by atoms with Crippen molar-refractivity contribution in [2.45, 2.75) is 26.7 Å². The molecule has 0 aromatic heterocycles. The number of carbonyl (C=O) groups is 3. The number of hydrazone groups is 1. The third-order valence-electron chi connectivity index (χ3n) is 4.07. The van der Waals surface area contributed by atoms with E-state index in [1.54, 1.807) is 30.3 Å². The lowest BCUT2D eigenvalue weighted by atomic mass is 10.2. The summed E-state index contributed by atoms with van der Waals surface area (Å²) in [6.07, 6.45) is 3.11. The molecule has 2 aromatic rings. The second kappa shape index (κ2) is 12.5. The zero-order valence-corrected chi connectivity index (χ0v) is 19.0. The Morgan fingerprint density at radius 3 is 2.68 bits per heavy atom. The van der Waals surface area contributed by atoms with Crippen LogP contribution in [0.1, 0.15) is 30.9 Å². The topological polar surface area (TPSA) is 109 Å². The number of ether oxygens (including phenoxy) is 1. The molecule has 0 fully saturated rings. The van der Waals surface area contributed by atoms with Crippen molar-refractivity contribution >= 4 is 45.6 Å². The minimum Gasteiger partial charge on any atom is -0.484 e. The van der Waals surface area contributed by atoms with Crippen LogP contribution in [-0.2, 0) is 14.4 Å². The summed E-state index contributed by atoms with van der Waals surface area (Å²) in [5.74, 6) is -1.38. The molecule has 0 radical (unpaired) electrons. The first-order valence-corrected chi connectivity index (χ1v) is 10.6. The van der Waals surface area contributed by atoms with E-state index < -0.39 is 11.8 Å². The maximum atomic E-state index is 12.1. The van der Waals surface area contributed by atoms with Gasteiger partial charge in [0.1, 0.15) is 5.75 Å². The van der Waals surface area contributed by atoms with Gasteiger partial charge in [-0.05, 0) is 54.8 Å². The number of aryl methyl sites for hydroxylation is 1. The molecule has 0 bridgehead atoms. The molecule has 0 atom stereocenters. The molecule has 2 aromatic carbocycles. The van der Waals surface area contributed by atoms with Gasteiger partial charge in [-0.15, -0.1) is 0 Å². The summed E-state index contributed by atoms with van der Waals surface area (Å²) in [6, 6.07) is 12.4. The molecule has 0 saturated heterocycles. The zero-order valence-electron chi connectivity index (χ0n) is 17.4. The fraction of sp³-hybridized carbons (Fsp3) is 0.273. The van der Waals surface area contributed by atoms with E-state index in [1.807, 2.05) is 26.0 Å². The normalized spacial score (nSPS) is 10.5. The van der Waals surface area contributed by atoms with Crippen molar-refractivity contribution in [1.82, 2.24) is 10.7 Å². The first-order chi connectivity index (χ1) is 14.9. The van der Waals surface area contributed by atoms with Crippen molar-refractivity contribution in [3.8, 4) is 5.75 Å². The van der Waals surface area contributed by atoms with Crippen molar-refractivity contribution in [1.29, 1.82) is 0 Å². The van der Waals surface area contributed by atoms with Crippen LogP contribution in [0.15, 0.2) is 52.0 Å². The average Bonchev–Trinajstić information content (AvgIpc) is 2.75. The number of amides is 3. The highest BCUT2D eigenvalue weighted by Crippen LogP contribution is 2.20. The smallest absolute Gasteiger partial charge is 0.329 e. The quantitative estimate of drug-likeness (QED) is 0.218. The summed E-state index contributed by atoms with van der Waals surface area (Å²) < 4.78 is 6.49. The minimum atomic E-state index is -0.834. The van der Waals surface area contributed by atoms with Gasteiger partial charge in [-0.3, -0.25) is 14.4 Å². The molecule has 0 saturated carbocycles. The molecule has 0 heterocycles. The molecule has 31 heavy (non-hydrogen) atoms. The van der Waals surface area contributed by atoms with Gasteiger partial charge >= 0.3 is 11.8 Å². The minimum absolute atomic E-state index is 0.162. The van der Waals surface area contributed by atoms with Crippen molar-refractivity contribution in [3.63, 3.8) is 0 Å². The van der Waals surface area contributed by atoms with E-state index in [1.165, 1.54) is 6.21 Å². The van der Waals surface area contributed by atoms with Crippen LogP contribution in [0.25, 0.3) is 0 Å². The first-order valence-electron chi connectivity index (χ1n) is 9.79. The zero-order chi connectivity index (χ0) is 22.6. The van der Waals surface area contributed by atoms with Gasteiger partial charge in [0.25, 0.3) is 5.91 Å². The lowest BCUT2D eigenvalue weighted by Gasteiger charge is -2.09. The number of benzene rings is 2. The number of carbonyl (C=O) groups excluding carboxylic acids is 3. The Bertz CT molecular complexity index is 962. The number of anilines is 1. The molecule has 0 unspecified atom stereocenters. The van der Waals surface area contributed by atoms with Crippen molar-refractivity contribution in [2.24, 2.45) is 5.10 Å². The van der Waals surface area contributed by atoms with Crippen LogP contribution in [0, 0.1) is 6.92 Å². The predicted octanol–water partition coefficient (Wildman–Crippen LogP) is 3.14. The van der Waals surface area contributed by atoms with Gasteiger partial charge in [-0.1, -0.05) is 41.4 Å². The number of hydrogen-bond donors (Lipinski definition) is 3. The average molecular weight is 489 g/mol. The molecule has 2 rings (SSSR count). The summed E-state index contributed by atoms with van der Waals surface area (Å²) >= 11 is 3.42. The molecule has 0 aliphatic carbocycles. The standard InChI is InChI=1S/C22H25BrN4O4/c1-3-4-10-24-21(29)22(30)27-25-13-16-6-5-7-18(12-16)31-14-20(28)26-17-8-9-19(23)15(2)11-17/h5-9,11-13H,3-4,10,14H2,1-2H3,(H,24,29)(H,26,28)(H,27,30)/b25-13-. The lowest BCUT2D eigenvalue weighted by molar-refractivity contribution is -0.139. The van der Waals surface area contributed by atoms with Crippen LogP contribution in [0.4, 0.5) is 5.69 Å². The third-order valence-corrected chi connectivity index (χ3v) is 4.96. The Balaban J connectivity index is 1.82. The highest BCUT2D eigenvalue weighted by molar-refractivity contribution is 9.10. The molecule has 3 N–H and O–H groups in total. The Labute approximate surface area is 189 Å². The highest BCUT2D eigenvalue weighted by atomic mass is 79.9. The predicted molar refractivity (Wildman–Crippen MR) is 123 cm³/mol. The molecule has 9 heteroatoms. The van der Waals surface area contributed by atoms with Gasteiger partial charge in [0.2, 0.25) is 0 Å². The summed E-state index contributed by atoms with van der Waals surface area (Å²) in [5.41, 5.74) is 4.50.